The molecule has 0 aliphatic heterocycles. The van der Waals surface area contributed by atoms with Gasteiger partial charge in [0.25, 0.3) is 11.8 Å². The summed E-state index contributed by atoms with van der Waals surface area (Å²) < 4.78 is 0.949. The Balaban J connectivity index is 2.35. The van der Waals surface area contributed by atoms with E-state index in [1.807, 2.05) is 25.1 Å². The zero-order chi connectivity index (χ0) is 15.6. The van der Waals surface area contributed by atoms with Crippen LogP contribution < -0.4 is 10.6 Å². The van der Waals surface area contributed by atoms with Gasteiger partial charge < -0.3 is 10.6 Å². The molecule has 21 heavy (non-hydrogen) atoms. The Morgan fingerprint density at radius 3 is 2.57 bits per heavy atom. The number of rotatable bonds is 3. The van der Waals surface area contributed by atoms with Gasteiger partial charge in [0.15, 0.2) is 0 Å². The summed E-state index contributed by atoms with van der Waals surface area (Å²) in [5.74, 6) is -0.891. The molecule has 0 radical (unpaired) electrons. The van der Waals surface area contributed by atoms with E-state index in [2.05, 4.69) is 20.9 Å². The largest absolute Gasteiger partial charge is 0.364 e. The molecule has 1 heterocycles. The van der Waals surface area contributed by atoms with Crippen LogP contribution in [0, 0.1) is 6.92 Å². The zero-order valence-corrected chi connectivity index (χ0v) is 13.2. The van der Waals surface area contributed by atoms with E-state index in [0.717, 1.165) is 15.7 Å². The summed E-state index contributed by atoms with van der Waals surface area (Å²) in [4.78, 5) is 29.0. The van der Waals surface area contributed by atoms with Crippen molar-refractivity contribution < 1.29 is 9.59 Å². The molecule has 0 fully saturated rings. The molecular formula is C15H14BrN3O2. The van der Waals surface area contributed by atoms with E-state index in [9.17, 15) is 9.59 Å². The number of hydrogen-bond donors (Lipinski definition) is 1. The third-order valence-electron chi connectivity index (χ3n) is 3.08. The monoisotopic (exact) mass is 347 g/mol. The highest BCUT2D eigenvalue weighted by Crippen LogP contribution is 2.24. The van der Waals surface area contributed by atoms with Crippen LogP contribution in [0.1, 0.15) is 26.4 Å². The second kappa shape index (κ2) is 6.05. The van der Waals surface area contributed by atoms with Crippen LogP contribution in [0.3, 0.4) is 0 Å². The highest BCUT2D eigenvalue weighted by atomic mass is 79.9. The van der Waals surface area contributed by atoms with Crippen LogP contribution in [-0.4, -0.2) is 23.8 Å². The molecule has 1 aromatic heterocycles. The summed E-state index contributed by atoms with van der Waals surface area (Å²) in [5.41, 5.74) is 7.37. The normalized spacial score (nSPS) is 10.2. The second-order valence-electron chi connectivity index (χ2n) is 4.59. The summed E-state index contributed by atoms with van der Waals surface area (Å²) in [6, 6.07) is 8.61. The lowest BCUT2D eigenvalue weighted by Crippen LogP contribution is -2.27. The molecule has 2 rings (SSSR count). The van der Waals surface area contributed by atoms with Gasteiger partial charge in [-0.2, -0.15) is 0 Å². The molecule has 2 amide bonds. The topological polar surface area (TPSA) is 76.3 Å². The third-order valence-corrected chi connectivity index (χ3v) is 3.58. The molecule has 0 atom stereocenters. The SMILES string of the molecule is Cc1cc(Br)ccc1N(C)C(=O)c1ccnc(C(N)=O)c1. The molecule has 1 aromatic carbocycles. The summed E-state index contributed by atoms with van der Waals surface area (Å²) in [6.45, 7) is 1.92. The maximum absolute atomic E-state index is 12.5. The molecular weight excluding hydrogens is 334 g/mol. The highest BCUT2D eigenvalue weighted by molar-refractivity contribution is 9.10. The lowest BCUT2D eigenvalue weighted by atomic mass is 10.1. The molecule has 0 aliphatic carbocycles. The van der Waals surface area contributed by atoms with Gasteiger partial charge in [0.2, 0.25) is 0 Å². The van der Waals surface area contributed by atoms with Crippen molar-refractivity contribution in [3.05, 3.63) is 57.8 Å². The van der Waals surface area contributed by atoms with Crippen LogP contribution >= 0.6 is 15.9 Å². The van der Waals surface area contributed by atoms with Crippen LogP contribution in [-0.2, 0) is 0 Å². The molecule has 6 heteroatoms. The van der Waals surface area contributed by atoms with Gasteiger partial charge in [0.05, 0.1) is 0 Å². The first kappa shape index (κ1) is 15.2. The van der Waals surface area contributed by atoms with Gasteiger partial charge >= 0.3 is 0 Å². The maximum atomic E-state index is 12.5. The number of carbonyl (C=O) groups is 2. The first-order valence-corrected chi connectivity index (χ1v) is 6.99. The lowest BCUT2D eigenvalue weighted by Gasteiger charge is -2.20. The number of nitrogens with two attached hydrogens (primary N) is 1. The Kier molecular flexibility index (Phi) is 4.37. The van der Waals surface area contributed by atoms with Gasteiger partial charge in [-0.05, 0) is 42.8 Å². The van der Waals surface area contributed by atoms with Crippen molar-refractivity contribution >= 4 is 33.4 Å². The molecule has 0 aliphatic rings. The fourth-order valence-electron chi connectivity index (χ4n) is 2.00. The van der Waals surface area contributed by atoms with Gasteiger partial charge in [-0.3, -0.25) is 14.6 Å². The average Bonchev–Trinajstić information content (AvgIpc) is 2.46. The fourth-order valence-corrected chi connectivity index (χ4v) is 2.47. The maximum Gasteiger partial charge on any atom is 0.267 e. The Morgan fingerprint density at radius 1 is 1.24 bits per heavy atom. The number of hydrogen-bond acceptors (Lipinski definition) is 3. The van der Waals surface area contributed by atoms with Crippen LogP contribution in [0.2, 0.25) is 0 Å². The summed E-state index contributed by atoms with van der Waals surface area (Å²) >= 11 is 3.39. The molecule has 0 unspecified atom stereocenters. The predicted octanol–water partition coefficient (Wildman–Crippen LogP) is 2.53. The molecule has 0 saturated carbocycles. The molecule has 5 nitrogen and oxygen atoms in total. The summed E-state index contributed by atoms with van der Waals surface area (Å²) in [5, 5.41) is 0. The number of halogens is 1. The standard InChI is InChI=1S/C15H14BrN3O2/c1-9-7-11(16)3-4-13(9)19(2)15(21)10-5-6-18-12(8-10)14(17)20/h3-8H,1-2H3,(H2,17,20). The van der Waals surface area contributed by atoms with Gasteiger partial charge in [-0.1, -0.05) is 15.9 Å². The number of pyridine rings is 1. The van der Waals surface area contributed by atoms with Crippen LogP contribution in [0.4, 0.5) is 5.69 Å². The van der Waals surface area contributed by atoms with Crippen molar-refractivity contribution in [2.45, 2.75) is 6.92 Å². The van der Waals surface area contributed by atoms with Crippen LogP contribution in [0.25, 0.3) is 0 Å². The number of anilines is 1. The highest BCUT2D eigenvalue weighted by Gasteiger charge is 2.16. The number of aromatic nitrogens is 1. The number of benzene rings is 1. The van der Waals surface area contributed by atoms with Crippen LogP contribution in [0.5, 0.6) is 0 Å². The lowest BCUT2D eigenvalue weighted by molar-refractivity contribution is 0.0992. The van der Waals surface area contributed by atoms with E-state index < -0.39 is 5.91 Å². The molecule has 0 bridgehead atoms. The first-order chi connectivity index (χ1) is 9.90. The van der Waals surface area contributed by atoms with E-state index in [0.29, 0.717) is 5.56 Å². The molecule has 0 spiro atoms. The predicted molar refractivity (Wildman–Crippen MR) is 84.4 cm³/mol. The molecule has 2 aromatic rings. The van der Waals surface area contributed by atoms with E-state index in [4.69, 9.17) is 5.73 Å². The van der Waals surface area contributed by atoms with E-state index in [1.165, 1.54) is 17.2 Å². The fraction of sp³-hybridized carbons (Fsp3) is 0.133. The average molecular weight is 348 g/mol. The third kappa shape index (κ3) is 3.28. The van der Waals surface area contributed by atoms with Gasteiger partial charge in [0.1, 0.15) is 5.69 Å². The summed E-state index contributed by atoms with van der Waals surface area (Å²) in [6.07, 6.45) is 1.40. The number of carbonyl (C=O) groups excluding carboxylic acids is 2. The molecule has 108 valence electrons. The quantitative estimate of drug-likeness (QED) is 0.926. The Morgan fingerprint density at radius 2 is 1.95 bits per heavy atom. The van der Waals surface area contributed by atoms with Gasteiger partial charge in [0, 0.05) is 29.0 Å². The Bertz CT molecular complexity index is 716. The van der Waals surface area contributed by atoms with Crippen molar-refractivity contribution in [1.29, 1.82) is 0 Å². The van der Waals surface area contributed by atoms with E-state index in [-0.39, 0.29) is 11.6 Å². The van der Waals surface area contributed by atoms with Crippen molar-refractivity contribution in [3.8, 4) is 0 Å². The number of amides is 2. The first-order valence-electron chi connectivity index (χ1n) is 6.20. The van der Waals surface area contributed by atoms with Crippen LogP contribution in [0.15, 0.2) is 41.0 Å². The number of primary amides is 1. The smallest absolute Gasteiger partial charge is 0.267 e. The zero-order valence-electron chi connectivity index (χ0n) is 11.6. The van der Waals surface area contributed by atoms with Gasteiger partial charge in [-0.25, -0.2) is 0 Å². The van der Waals surface area contributed by atoms with Crippen molar-refractivity contribution in [2.75, 3.05) is 11.9 Å². The van der Waals surface area contributed by atoms with Gasteiger partial charge in [-0.15, -0.1) is 0 Å². The number of aryl methyl sites for hydroxylation is 1. The minimum atomic E-state index is -0.660. The number of nitrogens with zero attached hydrogens (tertiary/aromatic N) is 2. The van der Waals surface area contributed by atoms with Crippen molar-refractivity contribution in [1.82, 2.24) is 4.98 Å². The Hall–Kier alpha value is -2.21. The Labute approximate surface area is 130 Å². The van der Waals surface area contributed by atoms with Crippen molar-refractivity contribution in [3.63, 3.8) is 0 Å². The minimum absolute atomic E-state index is 0.0711. The minimum Gasteiger partial charge on any atom is -0.364 e. The molecule has 2 N–H and O–H groups in total. The van der Waals surface area contributed by atoms with E-state index >= 15 is 0 Å². The van der Waals surface area contributed by atoms with E-state index in [1.54, 1.807) is 13.1 Å². The second-order valence-corrected chi connectivity index (χ2v) is 5.50. The summed E-state index contributed by atoms with van der Waals surface area (Å²) in [7, 11) is 1.68. The van der Waals surface area contributed by atoms with Crippen molar-refractivity contribution in [2.24, 2.45) is 5.73 Å². The molecule has 0 saturated heterocycles.